The number of para-hydroxylation sites is 1. The fourth-order valence-electron chi connectivity index (χ4n) is 9.59. The Labute approximate surface area is 368 Å². The van der Waals surface area contributed by atoms with Crippen molar-refractivity contribution in [1.29, 1.82) is 0 Å². The van der Waals surface area contributed by atoms with Gasteiger partial charge in [0.1, 0.15) is 23.7 Å². The molecule has 0 spiro atoms. The van der Waals surface area contributed by atoms with E-state index < -0.39 is 12.2 Å². The third-order valence-corrected chi connectivity index (χ3v) is 12.8. The summed E-state index contributed by atoms with van der Waals surface area (Å²) in [6, 6.07) is 25.2. The highest BCUT2D eigenvalue weighted by atomic mass is 16.3. The zero-order valence-electron chi connectivity index (χ0n) is 35.8. The number of aromatic nitrogens is 2. The van der Waals surface area contributed by atoms with E-state index in [2.05, 4.69) is 11.6 Å². The number of hydrogen-bond acceptors (Lipinski definition) is 8. The van der Waals surface area contributed by atoms with Gasteiger partial charge in [0.05, 0.1) is 24.2 Å². The van der Waals surface area contributed by atoms with E-state index in [0.29, 0.717) is 44.3 Å². The Morgan fingerprint density at radius 2 is 1.62 bits per heavy atom. The number of carbonyl (C=O) groups is 5. The molecule has 0 saturated carbocycles. The highest BCUT2D eigenvalue weighted by Crippen LogP contribution is 2.33. The lowest BCUT2D eigenvalue weighted by atomic mass is 9.90. The summed E-state index contributed by atoms with van der Waals surface area (Å²) in [5.74, 6) is -0.157. The summed E-state index contributed by atoms with van der Waals surface area (Å²) in [4.78, 5) is 79.7. The number of phenolic OH excluding ortho intramolecular Hbond substituents is 1. The number of hydrogen-bond donors (Lipinski definition) is 1. The second kappa shape index (κ2) is 19.2. The van der Waals surface area contributed by atoms with E-state index >= 15 is 0 Å². The highest BCUT2D eigenvalue weighted by Gasteiger charge is 2.51. The number of fused-ring (bicyclic) bond motifs is 2. The molecule has 3 aliphatic heterocycles. The number of rotatable bonds is 15. The van der Waals surface area contributed by atoms with E-state index in [1.807, 2.05) is 83.4 Å². The second-order valence-corrected chi connectivity index (χ2v) is 17.1. The van der Waals surface area contributed by atoms with Crippen LogP contribution in [0.1, 0.15) is 64.7 Å². The van der Waals surface area contributed by atoms with Gasteiger partial charge in [0.2, 0.25) is 17.7 Å². The van der Waals surface area contributed by atoms with Gasteiger partial charge in [-0.25, -0.2) is 10.0 Å². The van der Waals surface area contributed by atoms with Gasteiger partial charge in [-0.1, -0.05) is 72.8 Å². The van der Waals surface area contributed by atoms with Crippen molar-refractivity contribution in [3.05, 3.63) is 144 Å². The summed E-state index contributed by atoms with van der Waals surface area (Å²) in [5, 5.41) is 14.2. The van der Waals surface area contributed by atoms with Crippen LogP contribution < -0.4 is 0 Å². The number of amides is 4. The molecule has 1 N–H and O–H groups in total. The molecule has 0 aliphatic carbocycles. The van der Waals surface area contributed by atoms with E-state index in [-0.39, 0.29) is 80.1 Å². The first-order valence-electron chi connectivity index (χ1n) is 21.9. The van der Waals surface area contributed by atoms with Crippen molar-refractivity contribution in [2.24, 2.45) is 13.0 Å². The van der Waals surface area contributed by atoms with Crippen LogP contribution in [0.25, 0.3) is 10.9 Å². The largest absolute Gasteiger partial charge is 0.508 e. The third kappa shape index (κ3) is 9.58. The van der Waals surface area contributed by atoms with Crippen LogP contribution in [-0.2, 0) is 52.0 Å². The smallest absolute Gasteiger partial charge is 0.256 e. The number of pyridine rings is 1. The average molecular weight is 850 g/mol. The first-order chi connectivity index (χ1) is 30.6. The van der Waals surface area contributed by atoms with Crippen LogP contribution in [0.4, 0.5) is 0 Å². The van der Waals surface area contributed by atoms with Crippen LogP contribution in [0.2, 0.25) is 0 Å². The van der Waals surface area contributed by atoms with Crippen molar-refractivity contribution in [3.63, 3.8) is 0 Å². The Morgan fingerprint density at radius 3 is 2.35 bits per heavy atom. The zero-order chi connectivity index (χ0) is 44.0. The lowest BCUT2D eigenvalue weighted by Crippen LogP contribution is -2.75. The molecule has 3 aromatic carbocycles. The third-order valence-electron chi connectivity index (χ3n) is 12.8. The molecule has 3 saturated heterocycles. The van der Waals surface area contributed by atoms with E-state index in [1.54, 1.807) is 62.6 Å². The first kappa shape index (κ1) is 43.1. The summed E-state index contributed by atoms with van der Waals surface area (Å²) in [5.41, 5.74) is 5.07. The first-order valence-corrected chi connectivity index (χ1v) is 21.9. The molecule has 2 atom stereocenters. The number of ketones is 1. The summed E-state index contributed by atoms with van der Waals surface area (Å²) >= 11 is 0. The lowest BCUT2D eigenvalue weighted by molar-refractivity contribution is -0.205. The Bertz CT molecular complexity index is 2460. The maximum atomic E-state index is 14.8. The van der Waals surface area contributed by atoms with Crippen molar-refractivity contribution in [3.8, 4) is 5.75 Å². The molecule has 0 unspecified atom stereocenters. The minimum atomic E-state index is -0.916. The Hall–Kier alpha value is -6.60. The number of piperazine rings is 1. The number of carbonyl (C=O) groups excluding carboxylic acids is 5. The number of nitrogens with zero attached hydrogens (tertiary/aromatic N) is 7. The standard InChI is InChI=1S/C50H55N7O6/c1-3-25-55-34-47(61)56-44(29-36-14-18-40(58)19-15-36)50(63)54(33-45(56)57(55)46(60)21-17-35-9-5-4-6-10-35)31-39-12-7-13-42-43(32-52(2)48(39)42)49(62)53-26-22-37(23-27-53)28-41(59)20-16-38-11-8-24-51-30-38/h3-15,18-19,24,30,32,37,44-45,58H,1,16-17,20-23,25-29,31,33-34H2,2H3/t44-,45-/m0/s1. The number of benzene rings is 3. The van der Waals surface area contributed by atoms with Gasteiger partial charge in [-0.15, -0.1) is 6.58 Å². The van der Waals surface area contributed by atoms with Crippen LogP contribution in [0.15, 0.2) is 116 Å². The molecule has 13 heteroatoms. The van der Waals surface area contributed by atoms with Crippen LogP contribution in [0, 0.1) is 5.92 Å². The number of aromatic hydroxyl groups is 1. The molecule has 13 nitrogen and oxygen atoms in total. The number of likely N-dealkylation sites (tertiary alicyclic amines) is 1. The molecule has 2 aromatic heterocycles. The fraction of sp³-hybridized carbons (Fsp3) is 0.360. The van der Waals surface area contributed by atoms with Gasteiger partial charge in [0, 0.05) is 82.9 Å². The molecule has 326 valence electrons. The minimum absolute atomic E-state index is 0.0644. The molecule has 5 aromatic rings. The normalized spacial score (nSPS) is 18.5. The van der Waals surface area contributed by atoms with Crippen molar-refractivity contribution < 1.29 is 29.1 Å². The molecule has 63 heavy (non-hydrogen) atoms. The molecule has 8 rings (SSSR count). The van der Waals surface area contributed by atoms with Gasteiger partial charge < -0.3 is 24.4 Å². The molecule has 5 heterocycles. The Balaban J connectivity index is 1.02. The quantitative estimate of drug-likeness (QED) is 0.132. The Kier molecular flexibility index (Phi) is 13.1. The molecule has 3 fully saturated rings. The van der Waals surface area contributed by atoms with E-state index in [0.717, 1.165) is 46.0 Å². The van der Waals surface area contributed by atoms with Crippen LogP contribution in [0.3, 0.4) is 0 Å². The number of Topliss-reactive ketones (excluding diaryl/α,β-unsaturated/α-hetero) is 1. The van der Waals surface area contributed by atoms with Crippen molar-refractivity contribution >= 4 is 40.3 Å². The van der Waals surface area contributed by atoms with E-state index in [9.17, 15) is 29.1 Å². The molecule has 0 bridgehead atoms. The minimum Gasteiger partial charge on any atom is -0.508 e. The monoisotopic (exact) mass is 849 g/mol. The molecule has 3 aliphatic rings. The molecular formula is C50H55N7O6. The molecule has 4 amide bonds. The lowest BCUT2D eigenvalue weighted by Gasteiger charge is -2.55. The van der Waals surface area contributed by atoms with Crippen LogP contribution >= 0.6 is 0 Å². The number of aryl methyl sites for hydroxylation is 3. The predicted molar refractivity (Wildman–Crippen MR) is 239 cm³/mol. The van der Waals surface area contributed by atoms with Gasteiger partial charge in [0.25, 0.3) is 5.91 Å². The topological polar surface area (TPSA) is 140 Å². The van der Waals surface area contributed by atoms with Gasteiger partial charge in [0.15, 0.2) is 0 Å². The maximum absolute atomic E-state index is 14.8. The van der Waals surface area contributed by atoms with E-state index in [1.165, 1.54) is 0 Å². The van der Waals surface area contributed by atoms with Crippen LogP contribution in [-0.4, -0.2) is 114 Å². The van der Waals surface area contributed by atoms with E-state index in [4.69, 9.17) is 0 Å². The summed E-state index contributed by atoms with van der Waals surface area (Å²) < 4.78 is 1.94. The number of phenols is 1. The average Bonchev–Trinajstić information content (AvgIpc) is 3.64. The highest BCUT2D eigenvalue weighted by molar-refractivity contribution is 6.07. The second-order valence-electron chi connectivity index (χ2n) is 17.1. The van der Waals surface area contributed by atoms with Gasteiger partial charge in [-0.2, -0.15) is 0 Å². The zero-order valence-corrected chi connectivity index (χ0v) is 35.8. The maximum Gasteiger partial charge on any atom is 0.256 e. The van der Waals surface area contributed by atoms with Crippen LogP contribution in [0.5, 0.6) is 5.75 Å². The molecular weight excluding hydrogens is 795 g/mol. The summed E-state index contributed by atoms with van der Waals surface area (Å²) in [6.07, 6.45) is 10.4. The SMILES string of the molecule is C=CCN1CC(=O)N2[C@@H](Cc3ccc(O)cc3)C(=O)N(Cc3cccc4c(C(=O)N5CCC(CC(=O)CCc6cccnc6)CC5)cn(C)c34)C[C@@H]2N1C(=O)CCc1ccccc1. The van der Waals surface area contributed by atoms with Crippen molar-refractivity contribution in [2.45, 2.75) is 70.1 Å². The summed E-state index contributed by atoms with van der Waals surface area (Å²) in [7, 11) is 1.90. The Morgan fingerprint density at radius 1 is 0.873 bits per heavy atom. The van der Waals surface area contributed by atoms with Crippen molar-refractivity contribution in [2.75, 3.05) is 32.7 Å². The predicted octanol–water partition coefficient (Wildman–Crippen LogP) is 5.71. The van der Waals surface area contributed by atoms with Crippen molar-refractivity contribution in [1.82, 2.24) is 34.3 Å². The van der Waals surface area contributed by atoms with Gasteiger partial charge in [-0.3, -0.25) is 29.0 Å². The fourth-order valence-corrected chi connectivity index (χ4v) is 9.59. The van der Waals surface area contributed by atoms with Gasteiger partial charge in [-0.05, 0) is 72.1 Å². The van der Waals surface area contributed by atoms with Gasteiger partial charge >= 0.3 is 0 Å². The number of hydrazine groups is 1. The molecule has 0 radical (unpaired) electrons. The summed E-state index contributed by atoms with van der Waals surface area (Å²) in [6.45, 7) is 5.49. The number of piperidine rings is 1.